The summed E-state index contributed by atoms with van der Waals surface area (Å²) in [6.07, 6.45) is 12.4. The van der Waals surface area contributed by atoms with Crippen molar-refractivity contribution < 1.29 is 14.6 Å². The first-order valence-electron chi connectivity index (χ1n) is 9.36. The quantitative estimate of drug-likeness (QED) is 0.560. The van der Waals surface area contributed by atoms with E-state index >= 15 is 0 Å². The first-order valence-corrected chi connectivity index (χ1v) is 9.36. The molecule has 0 bridgehead atoms. The molecule has 0 aromatic heterocycles. The highest BCUT2D eigenvalue weighted by atomic mass is 16.5. The molecule has 0 spiro atoms. The number of aliphatic hydroxyl groups excluding tert-OH is 1. The third-order valence-electron chi connectivity index (χ3n) is 6.36. The average Bonchev–Trinajstić information content (AvgIpc) is 2.71. The fraction of sp³-hybridized carbons (Fsp3) is 0.842. The maximum absolute atomic E-state index is 12.6. The van der Waals surface area contributed by atoms with E-state index in [1.165, 1.54) is 12.8 Å². The largest absolute Gasteiger partial charge is 0.390 e. The third kappa shape index (κ3) is 2.64. The van der Waals surface area contributed by atoms with Gasteiger partial charge in [0.1, 0.15) is 11.1 Å². The van der Waals surface area contributed by atoms with Gasteiger partial charge in [-0.2, -0.15) is 0 Å². The monoisotopic (exact) mass is 321 g/mol. The molecule has 23 heavy (non-hydrogen) atoms. The molecular formula is C19H31NO3. The lowest BCUT2D eigenvalue weighted by Gasteiger charge is -2.57. The zero-order valence-corrected chi connectivity index (χ0v) is 14.5. The predicted octanol–water partition coefficient (Wildman–Crippen LogP) is 2.95. The topological polar surface area (TPSA) is 58.6 Å². The summed E-state index contributed by atoms with van der Waals surface area (Å²) in [5, 5.41) is 14.2. The van der Waals surface area contributed by atoms with Crippen molar-refractivity contribution in [1.29, 1.82) is 0 Å². The number of aliphatic hydroxyl groups is 1. The molecule has 0 radical (unpaired) electrons. The van der Waals surface area contributed by atoms with Crippen LogP contribution < -0.4 is 5.32 Å². The van der Waals surface area contributed by atoms with Crippen molar-refractivity contribution in [2.45, 2.75) is 82.5 Å². The number of amides is 1. The number of unbranched alkanes of at least 4 members (excludes halogenated alkanes) is 3. The molecule has 5 atom stereocenters. The average molecular weight is 321 g/mol. The van der Waals surface area contributed by atoms with E-state index in [-0.39, 0.29) is 17.7 Å². The predicted molar refractivity (Wildman–Crippen MR) is 90.0 cm³/mol. The van der Waals surface area contributed by atoms with Crippen LogP contribution >= 0.6 is 0 Å². The molecule has 130 valence electrons. The molecule has 4 heteroatoms. The van der Waals surface area contributed by atoms with Crippen molar-refractivity contribution in [3.63, 3.8) is 0 Å². The SMILES string of the molecule is CCCCCCC1C(=O)N[C@@]2(C(O)C3C=CCCC3)CO[C@@]12C. The van der Waals surface area contributed by atoms with Crippen molar-refractivity contribution in [1.82, 2.24) is 5.32 Å². The van der Waals surface area contributed by atoms with Crippen molar-refractivity contribution in [2.24, 2.45) is 11.8 Å². The molecule has 0 saturated carbocycles. The zero-order chi connectivity index (χ0) is 16.5. The Labute approximate surface area is 139 Å². The highest BCUT2D eigenvalue weighted by Crippen LogP contribution is 2.52. The van der Waals surface area contributed by atoms with Crippen molar-refractivity contribution in [3.8, 4) is 0 Å². The molecule has 1 aliphatic carbocycles. The summed E-state index contributed by atoms with van der Waals surface area (Å²) in [4.78, 5) is 12.6. The van der Waals surface area contributed by atoms with Gasteiger partial charge in [-0.25, -0.2) is 0 Å². The Bertz CT molecular complexity index is 477. The van der Waals surface area contributed by atoms with Crippen LogP contribution in [0.2, 0.25) is 0 Å². The number of fused-ring (bicyclic) bond motifs is 1. The number of ether oxygens (including phenoxy) is 1. The molecule has 1 amide bonds. The van der Waals surface area contributed by atoms with Gasteiger partial charge in [-0.1, -0.05) is 44.8 Å². The number of carbonyl (C=O) groups is 1. The van der Waals surface area contributed by atoms with E-state index < -0.39 is 17.2 Å². The van der Waals surface area contributed by atoms with Crippen LogP contribution in [0.25, 0.3) is 0 Å². The molecule has 3 unspecified atom stereocenters. The minimum absolute atomic E-state index is 0.0698. The van der Waals surface area contributed by atoms with Crippen LogP contribution in [0.3, 0.4) is 0 Å². The van der Waals surface area contributed by atoms with E-state index in [9.17, 15) is 9.90 Å². The molecule has 3 aliphatic rings. The minimum Gasteiger partial charge on any atom is -0.390 e. The normalized spacial score (nSPS) is 40.4. The van der Waals surface area contributed by atoms with Crippen molar-refractivity contribution in [3.05, 3.63) is 12.2 Å². The van der Waals surface area contributed by atoms with Crippen LogP contribution in [-0.2, 0) is 9.53 Å². The number of nitrogens with one attached hydrogen (secondary N) is 1. The highest BCUT2D eigenvalue weighted by molar-refractivity contribution is 5.85. The van der Waals surface area contributed by atoms with Gasteiger partial charge in [-0.15, -0.1) is 0 Å². The zero-order valence-electron chi connectivity index (χ0n) is 14.5. The lowest BCUT2D eigenvalue weighted by molar-refractivity contribution is -0.254. The smallest absolute Gasteiger partial charge is 0.226 e. The van der Waals surface area contributed by atoms with Crippen molar-refractivity contribution >= 4 is 5.91 Å². The maximum Gasteiger partial charge on any atom is 0.226 e. The fourth-order valence-corrected chi connectivity index (χ4v) is 4.69. The summed E-state index contributed by atoms with van der Waals surface area (Å²) in [7, 11) is 0. The number of allylic oxidation sites excluding steroid dienone is 1. The van der Waals surface area contributed by atoms with Crippen LogP contribution in [0.15, 0.2) is 12.2 Å². The van der Waals surface area contributed by atoms with E-state index in [4.69, 9.17) is 4.74 Å². The molecule has 2 saturated heterocycles. The molecule has 0 aromatic carbocycles. The summed E-state index contributed by atoms with van der Waals surface area (Å²) in [6, 6.07) is 0. The molecule has 2 aliphatic heterocycles. The van der Waals surface area contributed by atoms with E-state index in [0.717, 1.165) is 38.5 Å². The van der Waals surface area contributed by atoms with Crippen LogP contribution in [0, 0.1) is 11.8 Å². The Morgan fingerprint density at radius 3 is 2.87 bits per heavy atom. The molecule has 3 rings (SSSR count). The minimum atomic E-state index is -0.591. The van der Waals surface area contributed by atoms with E-state index in [2.05, 4.69) is 24.4 Å². The second kappa shape index (κ2) is 6.56. The lowest BCUT2D eigenvalue weighted by atomic mass is 9.65. The van der Waals surface area contributed by atoms with Crippen LogP contribution in [-0.4, -0.2) is 34.9 Å². The van der Waals surface area contributed by atoms with Gasteiger partial charge in [-0.05, 0) is 32.6 Å². The standard InChI is InChI=1S/C19H31NO3/c1-3-4-5-9-12-15-17(22)20-19(13-23-18(15,19)2)16(21)14-10-7-6-8-11-14/h7,10,14-16,21H,3-6,8-9,11-13H2,1-2H3,(H,20,22)/t14?,15?,16?,18-,19+/m0/s1. The van der Waals surface area contributed by atoms with Gasteiger partial charge in [-0.3, -0.25) is 4.79 Å². The Balaban J connectivity index is 1.72. The second-order valence-electron chi connectivity index (χ2n) is 7.73. The van der Waals surface area contributed by atoms with Gasteiger partial charge in [0.15, 0.2) is 0 Å². The van der Waals surface area contributed by atoms with E-state index in [1.54, 1.807) is 0 Å². The van der Waals surface area contributed by atoms with Gasteiger partial charge in [0.25, 0.3) is 0 Å². The van der Waals surface area contributed by atoms with Gasteiger partial charge >= 0.3 is 0 Å². The Morgan fingerprint density at radius 2 is 2.26 bits per heavy atom. The fourth-order valence-electron chi connectivity index (χ4n) is 4.69. The Kier molecular flexibility index (Phi) is 4.84. The van der Waals surface area contributed by atoms with E-state index in [0.29, 0.717) is 6.61 Å². The molecular weight excluding hydrogens is 290 g/mol. The second-order valence-corrected chi connectivity index (χ2v) is 7.73. The number of hydrogen-bond donors (Lipinski definition) is 2. The number of rotatable bonds is 7. The summed E-state index contributed by atoms with van der Waals surface area (Å²) < 4.78 is 5.93. The summed E-state index contributed by atoms with van der Waals surface area (Å²) >= 11 is 0. The van der Waals surface area contributed by atoms with Gasteiger partial charge in [0.2, 0.25) is 5.91 Å². The van der Waals surface area contributed by atoms with E-state index in [1.807, 2.05) is 6.92 Å². The Hall–Kier alpha value is -0.870. The molecule has 2 fully saturated rings. The van der Waals surface area contributed by atoms with Crippen LogP contribution in [0.4, 0.5) is 0 Å². The Morgan fingerprint density at radius 1 is 1.43 bits per heavy atom. The molecule has 2 N–H and O–H groups in total. The van der Waals surface area contributed by atoms with Gasteiger partial charge in [0, 0.05) is 5.92 Å². The number of carbonyl (C=O) groups excluding carboxylic acids is 1. The highest BCUT2D eigenvalue weighted by Gasteiger charge is 2.72. The molecule has 2 heterocycles. The van der Waals surface area contributed by atoms with Gasteiger partial charge in [0.05, 0.1) is 18.6 Å². The number of hydrogen-bond acceptors (Lipinski definition) is 3. The summed E-state index contributed by atoms with van der Waals surface area (Å²) in [6.45, 7) is 4.65. The lowest BCUT2D eigenvalue weighted by Crippen LogP contribution is -2.77. The molecule has 4 nitrogen and oxygen atoms in total. The first kappa shape index (κ1) is 17.0. The first-order chi connectivity index (χ1) is 11.0. The van der Waals surface area contributed by atoms with Gasteiger partial charge < -0.3 is 15.2 Å². The summed E-state index contributed by atoms with van der Waals surface area (Å²) in [5.41, 5.74) is -1.15. The molecule has 0 aromatic rings. The van der Waals surface area contributed by atoms with Crippen LogP contribution in [0.1, 0.15) is 65.2 Å². The summed E-state index contributed by atoms with van der Waals surface area (Å²) in [5.74, 6) is 0.0711. The van der Waals surface area contributed by atoms with Crippen molar-refractivity contribution in [2.75, 3.05) is 6.61 Å². The maximum atomic E-state index is 12.6. The third-order valence-corrected chi connectivity index (χ3v) is 6.36. The van der Waals surface area contributed by atoms with Crippen LogP contribution in [0.5, 0.6) is 0 Å².